The molecule has 0 N–H and O–H groups in total. The van der Waals surface area contributed by atoms with Crippen LogP contribution >= 0.6 is 0 Å². The van der Waals surface area contributed by atoms with Gasteiger partial charge >= 0.3 is 296 Å². The molecule has 5 aromatic carbocycles. The molecule has 5 aromatic rings. The van der Waals surface area contributed by atoms with Crippen molar-refractivity contribution in [2.75, 3.05) is 0 Å². The zero-order chi connectivity index (χ0) is 33.0. The predicted molar refractivity (Wildman–Crippen MR) is 206 cm³/mol. The maximum atomic E-state index is 2.65. The van der Waals surface area contributed by atoms with Crippen LogP contribution in [0.4, 0.5) is 0 Å². The van der Waals surface area contributed by atoms with Crippen LogP contribution in [-0.2, 0) is 20.3 Å². The first kappa shape index (κ1) is 32.2. The van der Waals surface area contributed by atoms with Crippen molar-refractivity contribution in [2.24, 2.45) is 5.41 Å². The van der Waals surface area contributed by atoms with E-state index in [-0.39, 0.29) is 5.41 Å². The Balaban J connectivity index is 1.42. The molecule has 1 saturated heterocycles. The summed E-state index contributed by atoms with van der Waals surface area (Å²) in [6, 6.07) is 39.8. The third-order valence-corrected chi connectivity index (χ3v) is 27.7. The summed E-state index contributed by atoms with van der Waals surface area (Å²) in [5.74, 6) is 0.889. The van der Waals surface area contributed by atoms with Crippen LogP contribution in [0.3, 0.4) is 0 Å². The van der Waals surface area contributed by atoms with Crippen LogP contribution in [0.15, 0.2) is 114 Å². The molecular weight excluding hydrogens is 656 g/mol. The summed E-state index contributed by atoms with van der Waals surface area (Å²) < 4.78 is 5.69. The zero-order valence-electron chi connectivity index (χ0n) is 29.8. The van der Waals surface area contributed by atoms with Gasteiger partial charge in [-0.05, 0) is 0 Å². The summed E-state index contributed by atoms with van der Waals surface area (Å²) in [6.45, 7) is 12.5. The predicted octanol–water partition coefficient (Wildman–Crippen LogP) is 14.3. The van der Waals surface area contributed by atoms with Gasteiger partial charge < -0.3 is 0 Å². The molecule has 1 aliphatic heterocycles. The van der Waals surface area contributed by atoms with Gasteiger partial charge in [0, 0.05) is 0 Å². The molecule has 0 aromatic heterocycles. The fourth-order valence-corrected chi connectivity index (χ4v) is 28.5. The van der Waals surface area contributed by atoms with Crippen molar-refractivity contribution < 1.29 is 20.3 Å². The summed E-state index contributed by atoms with van der Waals surface area (Å²) in [6.07, 6.45) is 8.86. The van der Waals surface area contributed by atoms with Gasteiger partial charge in [-0.15, -0.1) is 0 Å². The van der Waals surface area contributed by atoms with Gasteiger partial charge in [0.15, 0.2) is 0 Å². The Morgan fingerprint density at radius 3 is 2.04 bits per heavy atom. The number of fused-ring (bicyclic) bond motifs is 5. The molecule has 2 aliphatic carbocycles. The second kappa shape index (κ2) is 12.7. The van der Waals surface area contributed by atoms with Crippen molar-refractivity contribution in [1.82, 2.24) is 0 Å². The number of benzene rings is 5. The molecule has 0 radical (unpaired) electrons. The van der Waals surface area contributed by atoms with E-state index in [4.69, 9.17) is 0 Å². The number of rotatable bonds is 11. The van der Waals surface area contributed by atoms with E-state index in [0.717, 1.165) is 16.5 Å². The Morgan fingerprint density at radius 1 is 0.667 bits per heavy atom. The van der Waals surface area contributed by atoms with Gasteiger partial charge in [0.05, 0.1) is 0 Å². The molecule has 0 spiro atoms. The molecule has 244 valence electrons. The average Bonchev–Trinajstić information content (AvgIpc) is 3.44. The quantitative estimate of drug-likeness (QED) is 0.128. The summed E-state index contributed by atoms with van der Waals surface area (Å²) in [4.78, 5) is 0. The van der Waals surface area contributed by atoms with Crippen LogP contribution in [0.5, 0.6) is 0 Å². The van der Waals surface area contributed by atoms with E-state index in [2.05, 4.69) is 144 Å². The van der Waals surface area contributed by atoms with Gasteiger partial charge in [0.25, 0.3) is 0 Å². The molecule has 3 aliphatic rings. The van der Waals surface area contributed by atoms with Crippen LogP contribution in [0.25, 0.3) is 33.2 Å². The minimum absolute atomic E-state index is 0.165. The van der Waals surface area contributed by atoms with Gasteiger partial charge in [-0.2, -0.15) is 0 Å². The van der Waals surface area contributed by atoms with Crippen LogP contribution in [0, 0.1) is 5.41 Å². The number of hydrogen-bond donors (Lipinski definition) is 0. The molecule has 8 rings (SSSR count). The number of hydrogen-bond acceptors (Lipinski definition) is 0. The van der Waals surface area contributed by atoms with E-state index < -0.39 is 20.3 Å². The van der Waals surface area contributed by atoms with Crippen LogP contribution in [0.2, 0.25) is 16.0 Å². The number of unbranched alkanes of at least 4 members (excludes halogenated alkanes) is 1. The maximum absolute atomic E-state index is 2.65. The van der Waals surface area contributed by atoms with E-state index in [1.54, 1.807) is 30.5 Å². The summed E-state index contributed by atoms with van der Waals surface area (Å²) in [5, 5.41) is 5.54. The Kier molecular flexibility index (Phi) is 8.52. The monoisotopic (exact) mass is 706 g/mol. The summed E-state index contributed by atoms with van der Waals surface area (Å²) in [5.41, 5.74) is 12.7. The van der Waals surface area contributed by atoms with Crippen molar-refractivity contribution in [3.63, 3.8) is 0 Å². The Morgan fingerprint density at radius 2 is 1.33 bits per heavy atom. The van der Waals surface area contributed by atoms with Gasteiger partial charge in [-0.3, -0.25) is 0 Å². The third-order valence-electron chi connectivity index (χ3n) is 13.2. The fraction of sp³-hybridized carbons (Fsp3) is 0.362. The van der Waals surface area contributed by atoms with Crippen LogP contribution in [0.1, 0.15) is 106 Å². The number of allylic oxidation sites excluding steroid dienone is 2. The summed E-state index contributed by atoms with van der Waals surface area (Å²) >= 11 is -2.41. The second-order valence-electron chi connectivity index (χ2n) is 15.4. The molecule has 5 unspecified atom stereocenters. The summed E-state index contributed by atoms with van der Waals surface area (Å²) in [7, 11) is 0. The first-order valence-corrected chi connectivity index (χ1v) is 25.7. The van der Waals surface area contributed by atoms with Crippen molar-refractivity contribution in [3.8, 4) is 0 Å². The van der Waals surface area contributed by atoms with E-state index in [9.17, 15) is 0 Å². The van der Waals surface area contributed by atoms with E-state index >= 15 is 0 Å². The molecule has 0 amide bonds. The second-order valence-corrected chi connectivity index (χ2v) is 27.7. The molecule has 0 bridgehead atoms. The normalized spacial score (nSPS) is 24.1. The van der Waals surface area contributed by atoms with Gasteiger partial charge in [0.2, 0.25) is 0 Å². The zero-order valence-corrected chi connectivity index (χ0v) is 32.2. The van der Waals surface area contributed by atoms with E-state index in [1.807, 2.05) is 0 Å². The van der Waals surface area contributed by atoms with Crippen molar-refractivity contribution >= 4 is 33.2 Å². The van der Waals surface area contributed by atoms with E-state index in [1.165, 1.54) is 67.2 Å². The molecule has 0 saturated carbocycles. The van der Waals surface area contributed by atoms with Crippen molar-refractivity contribution in [1.29, 1.82) is 0 Å². The molecule has 1 heteroatoms. The molecule has 1 fully saturated rings. The molecule has 1 heterocycles. The Hall–Kier alpha value is -3.02. The molecule has 48 heavy (non-hydrogen) atoms. The fourth-order valence-electron chi connectivity index (χ4n) is 10.8. The Bertz CT molecular complexity index is 2070. The van der Waals surface area contributed by atoms with Crippen molar-refractivity contribution in [3.05, 3.63) is 142 Å². The molecular formula is C47H52Zr. The SMILES string of the molecule is CCC[CH2][Zr]1([CH2]C(CC)(C2C(CC)=C(c3cccc4ccccc34)c3ccccc32)C2C(CC)=Cc3c2ccc2ccccc32)[CH2][CH]1C. The Labute approximate surface area is 293 Å². The minimum atomic E-state index is -2.41. The molecule has 0 nitrogen and oxygen atoms in total. The average molecular weight is 708 g/mol. The third kappa shape index (κ3) is 4.93. The van der Waals surface area contributed by atoms with Crippen LogP contribution in [-0.4, -0.2) is 0 Å². The van der Waals surface area contributed by atoms with Gasteiger partial charge in [-0.1, -0.05) is 0 Å². The van der Waals surface area contributed by atoms with Crippen LogP contribution < -0.4 is 0 Å². The first-order chi connectivity index (χ1) is 23.5. The van der Waals surface area contributed by atoms with Gasteiger partial charge in [-0.25, -0.2) is 0 Å². The standard InChI is InChI=1S/C40H37.C4H9.C3H6.Zr/c1-5-26-25-36-31-19-11-9-16-28(31)23-24-35(36)38(26)40(4,7-3)39-29(6-2)37(33-20-12-13-21-34(33)39)32-22-14-17-27-15-8-10-18-30(27)32;1-3-4-2;1-3-2;/h8-25,38-39H,4-7H2,1-3H3;1,3-4H2,2H3;3H,1H2,2H3;. The molecule has 5 atom stereocenters. The van der Waals surface area contributed by atoms with E-state index in [0.29, 0.717) is 11.8 Å². The van der Waals surface area contributed by atoms with Crippen molar-refractivity contribution in [2.45, 2.75) is 94.6 Å². The first-order valence-electron chi connectivity index (χ1n) is 19.0. The van der Waals surface area contributed by atoms with Gasteiger partial charge in [0.1, 0.15) is 0 Å². The topological polar surface area (TPSA) is 0 Å².